The van der Waals surface area contributed by atoms with Crippen LogP contribution in [0.5, 0.6) is 0 Å². The maximum atomic E-state index is 14.6. The molecule has 1 aromatic heterocycles. The minimum absolute atomic E-state index is 0.107. The molecule has 23 heavy (non-hydrogen) atoms. The monoisotopic (exact) mass is 336 g/mol. The normalized spacial score (nSPS) is 16.1. The largest absolute Gasteiger partial charge is 0.378 e. The van der Waals surface area contributed by atoms with Gasteiger partial charge in [0.2, 0.25) is 0 Å². The third-order valence-electron chi connectivity index (χ3n) is 3.67. The first kappa shape index (κ1) is 15.6. The quantitative estimate of drug-likeness (QED) is 0.708. The highest BCUT2D eigenvalue weighted by Crippen LogP contribution is 2.26. The summed E-state index contributed by atoms with van der Waals surface area (Å²) in [4.78, 5) is 1.97. The molecule has 2 heterocycles. The van der Waals surface area contributed by atoms with E-state index >= 15 is 0 Å². The average Bonchev–Trinajstić information content (AvgIpc) is 3.07. The molecular weight excluding hydrogens is 319 g/mol. The summed E-state index contributed by atoms with van der Waals surface area (Å²) in [6, 6.07) is 4.59. The maximum Gasteiger partial charge on any atom is 0.164 e. The van der Waals surface area contributed by atoms with E-state index in [4.69, 9.17) is 22.7 Å². The Balaban J connectivity index is 1.88. The van der Waals surface area contributed by atoms with E-state index in [9.17, 15) is 4.39 Å². The van der Waals surface area contributed by atoms with Crippen molar-refractivity contribution in [3.8, 4) is 0 Å². The predicted octanol–water partition coefficient (Wildman–Crippen LogP) is 0.703. The average molecular weight is 336 g/mol. The molecule has 0 saturated carbocycles. The van der Waals surface area contributed by atoms with E-state index in [2.05, 4.69) is 20.7 Å². The second kappa shape index (κ2) is 6.88. The van der Waals surface area contributed by atoms with Crippen molar-refractivity contribution in [3.63, 3.8) is 0 Å². The first-order valence-corrected chi connectivity index (χ1v) is 7.60. The number of H-pyrrole nitrogens is 1. The van der Waals surface area contributed by atoms with Crippen molar-refractivity contribution >= 4 is 23.0 Å². The van der Waals surface area contributed by atoms with Gasteiger partial charge in [0.25, 0.3) is 0 Å². The van der Waals surface area contributed by atoms with Gasteiger partial charge in [0.15, 0.2) is 5.11 Å². The smallest absolute Gasteiger partial charge is 0.164 e. The van der Waals surface area contributed by atoms with Crippen LogP contribution >= 0.6 is 12.2 Å². The van der Waals surface area contributed by atoms with E-state index in [0.717, 1.165) is 0 Å². The first-order valence-electron chi connectivity index (χ1n) is 7.19. The van der Waals surface area contributed by atoms with Gasteiger partial charge >= 0.3 is 0 Å². The lowest BCUT2D eigenvalue weighted by Gasteiger charge is -2.29. The molecule has 0 spiro atoms. The summed E-state index contributed by atoms with van der Waals surface area (Å²) < 4.78 is 19.9. The number of anilines is 1. The number of morpholine rings is 1. The summed E-state index contributed by atoms with van der Waals surface area (Å²) in [5.74, 6) is -0.303. The highest BCUT2D eigenvalue weighted by atomic mass is 32.1. The summed E-state index contributed by atoms with van der Waals surface area (Å²) in [6.45, 7) is 2.56. The number of rotatable bonds is 4. The fraction of sp³-hybridized carbons (Fsp3) is 0.357. The van der Waals surface area contributed by atoms with E-state index in [0.29, 0.717) is 43.2 Å². The molecular formula is C14H17FN6OS. The maximum absolute atomic E-state index is 14.6. The van der Waals surface area contributed by atoms with Gasteiger partial charge in [-0.15, -0.1) is 5.10 Å². The van der Waals surface area contributed by atoms with Crippen molar-refractivity contribution < 1.29 is 9.13 Å². The van der Waals surface area contributed by atoms with Gasteiger partial charge in [0.05, 0.1) is 24.9 Å². The van der Waals surface area contributed by atoms with Crippen molar-refractivity contribution in [3.05, 3.63) is 41.5 Å². The number of ether oxygens (including phenoxy) is 1. The van der Waals surface area contributed by atoms with Crippen molar-refractivity contribution in [2.24, 2.45) is 5.73 Å². The molecule has 1 atom stereocenters. The summed E-state index contributed by atoms with van der Waals surface area (Å²) in [6.07, 6.45) is 1.61. The highest BCUT2D eigenvalue weighted by Gasteiger charge is 2.21. The standard InChI is InChI=1S/C14H17FN6OS/c15-10-7-9(1-2-12(10)21-3-5-22-6-4-21)13(18-14(16)23)11-8-17-20-19-11/h1-2,7-8,13H,3-6H2,(H3,16,18,23)(H,17,19,20). The number of aromatic nitrogens is 3. The minimum Gasteiger partial charge on any atom is -0.378 e. The molecule has 4 N–H and O–H groups in total. The van der Waals surface area contributed by atoms with E-state index in [1.54, 1.807) is 12.3 Å². The fourth-order valence-corrected chi connectivity index (χ4v) is 2.70. The molecule has 1 aliphatic rings. The van der Waals surface area contributed by atoms with Crippen LogP contribution in [0.15, 0.2) is 24.4 Å². The Kier molecular flexibility index (Phi) is 4.68. The van der Waals surface area contributed by atoms with Crippen LogP contribution in [0, 0.1) is 5.82 Å². The van der Waals surface area contributed by atoms with Gasteiger partial charge in [-0.25, -0.2) is 4.39 Å². The molecule has 0 amide bonds. The van der Waals surface area contributed by atoms with Crippen LogP contribution < -0.4 is 16.0 Å². The van der Waals surface area contributed by atoms with Crippen LogP contribution in [-0.2, 0) is 4.74 Å². The zero-order chi connectivity index (χ0) is 16.2. The van der Waals surface area contributed by atoms with Crippen molar-refractivity contribution in [1.29, 1.82) is 0 Å². The molecule has 1 aliphatic heterocycles. The predicted molar refractivity (Wildman–Crippen MR) is 87.6 cm³/mol. The lowest BCUT2D eigenvalue weighted by molar-refractivity contribution is 0.122. The number of benzene rings is 1. The van der Waals surface area contributed by atoms with Gasteiger partial charge in [0, 0.05) is 19.3 Å². The minimum atomic E-state index is -0.459. The Hall–Kier alpha value is -2.26. The van der Waals surface area contributed by atoms with Gasteiger partial charge in [0.1, 0.15) is 11.5 Å². The van der Waals surface area contributed by atoms with Crippen LogP contribution in [0.4, 0.5) is 10.1 Å². The summed E-state index contributed by atoms with van der Waals surface area (Å²) in [7, 11) is 0. The topological polar surface area (TPSA) is 92.1 Å². The summed E-state index contributed by atoms with van der Waals surface area (Å²) in [5, 5.41) is 13.3. The Morgan fingerprint density at radius 1 is 1.43 bits per heavy atom. The summed E-state index contributed by atoms with van der Waals surface area (Å²) in [5.41, 5.74) is 7.38. The molecule has 1 fully saturated rings. The number of nitrogens with two attached hydrogens (primary N) is 1. The molecule has 1 unspecified atom stereocenters. The zero-order valence-corrected chi connectivity index (χ0v) is 13.1. The molecule has 0 bridgehead atoms. The number of nitrogens with one attached hydrogen (secondary N) is 2. The van der Waals surface area contributed by atoms with Crippen molar-refractivity contribution in [2.45, 2.75) is 6.04 Å². The van der Waals surface area contributed by atoms with Gasteiger partial charge in [-0.05, 0) is 29.9 Å². The number of hydrogen-bond acceptors (Lipinski definition) is 5. The van der Waals surface area contributed by atoms with Crippen LogP contribution in [0.25, 0.3) is 0 Å². The molecule has 1 aromatic carbocycles. The molecule has 7 nitrogen and oxygen atoms in total. The molecule has 2 aromatic rings. The van der Waals surface area contributed by atoms with E-state index in [1.807, 2.05) is 11.0 Å². The lowest BCUT2D eigenvalue weighted by Crippen LogP contribution is -2.37. The molecule has 0 aliphatic carbocycles. The summed E-state index contributed by atoms with van der Waals surface area (Å²) >= 11 is 4.90. The van der Waals surface area contributed by atoms with E-state index in [1.165, 1.54) is 6.07 Å². The Morgan fingerprint density at radius 3 is 2.83 bits per heavy atom. The second-order valence-corrected chi connectivity index (χ2v) is 5.59. The lowest BCUT2D eigenvalue weighted by atomic mass is 10.0. The van der Waals surface area contributed by atoms with Gasteiger partial charge in [-0.1, -0.05) is 11.3 Å². The molecule has 0 radical (unpaired) electrons. The van der Waals surface area contributed by atoms with Crippen LogP contribution in [0.3, 0.4) is 0 Å². The third kappa shape index (κ3) is 3.57. The number of thiocarbonyl (C=S) groups is 1. The number of hydrogen-bond donors (Lipinski definition) is 3. The third-order valence-corrected chi connectivity index (χ3v) is 3.79. The van der Waals surface area contributed by atoms with Gasteiger partial charge < -0.3 is 20.7 Å². The second-order valence-electron chi connectivity index (χ2n) is 5.15. The number of aromatic amines is 1. The Labute approximate surface area is 138 Å². The van der Waals surface area contributed by atoms with E-state index in [-0.39, 0.29) is 10.9 Å². The Morgan fingerprint density at radius 2 is 2.22 bits per heavy atom. The molecule has 3 rings (SSSR count). The van der Waals surface area contributed by atoms with Crippen molar-refractivity contribution in [1.82, 2.24) is 20.7 Å². The van der Waals surface area contributed by atoms with E-state index < -0.39 is 6.04 Å². The SMILES string of the molecule is NC(=S)NC(c1ccc(N2CCOCC2)c(F)c1)c1c[nH]nn1. The Bertz CT molecular complexity index is 674. The first-order chi connectivity index (χ1) is 11.1. The zero-order valence-electron chi connectivity index (χ0n) is 12.3. The van der Waals surface area contributed by atoms with Crippen LogP contribution in [-0.4, -0.2) is 46.8 Å². The van der Waals surface area contributed by atoms with Crippen LogP contribution in [0.2, 0.25) is 0 Å². The number of halogens is 1. The molecule has 122 valence electrons. The fourth-order valence-electron chi connectivity index (χ4n) is 2.59. The molecule has 1 saturated heterocycles. The van der Waals surface area contributed by atoms with Crippen LogP contribution in [0.1, 0.15) is 17.3 Å². The van der Waals surface area contributed by atoms with Crippen molar-refractivity contribution in [2.75, 3.05) is 31.2 Å². The van der Waals surface area contributed by atoms with Gasteiger partial charge in [-0.2, -0.15) is 0 Å². The molecule has 9 heteroatoms. The number of nitrogens with zero attached hydrogens (tertiary/aromatic N) is 3. The highest BCUT2D eigenvalue weighted by molar-refractivity contribution is 7.80. The van der Waals surface area contributed by atoms with Gasteiger partial charge in [-0.3, -0.25) is 5.10 Å².